The first kappa shape index (κ1) is 30.8. The van der Waals surface area contributed by atoms with Crippen LogP contribution in [0.25, 0.3) is 11.1 Å². The maximum absolute atomic E-state index is 15.5. The third-order valence-corrected chi connectivity index (χ3v) is 5.44. The van der Waals surface area contributed by atoms with Crippen LogP contribution in [0.1, 0.15) is 68.8 Å². The molecule has 0 heterocycles. The first-order valence-corrected chi connectivity index (χ1v) is 12.0. The lowest BCUT2D eigenvalue weighted by molar-refractivity contribution is -0.143. The molecule has 0 spiro atoms. The fraction of sp³-hybridized carbons (Fsp3) is 0.429. The van der Waals surface area contributed by atoms with E-state index in [1.807, 2.05) is 0 Å². The summed E-state index contributed by atoms with van der Waals surface area (Å²) in [5.41, 5.74) is -2.19. The summed E-state index contributed by atoms with van der Waals surface area (Å²) in [6, 6.07) is 2.59. The summed E-state index contributed by atoms with van der Waals surface area (Å²) in [5.74, 6) is -3.09. The number of carbonyl (C=O) groups excluding carboxylic acids is 2. The molecule has 0 saturated carbocycles. The smallest absolute Gasteiger partial charge is 0.419 e. The second kappa shape index (κ2) is 12.4. The van der Waals surface area contributed by atoms with Gasteiger partial charge in [-0.05, 0) is 94.0 Å². The predicted octanol–water partition coefficient (Wildman–Crippen LogP) is 7.60. The van der Waals surface area contributed by atoms with Crippen molar-refractivity contribution in [2.45, 2.75) is 71.7 Å². The summed E-state index contributed by atoms with van der Waals surface area (Å²) >= 11 is 0. The van der Waals surface area contributed by atoms with Gasteiger partial charge in [-0.25, -0.2) is 13.6 Å². The molecule has 208 valence electrons. The van der Waals surface area contributed by atoms with Crippen LogP contribution in [0.3, 0.4) is 0 Å². The molecule has 2 aromatic carbocycles. The van der Waals surface area contributed by atoms with Crippen LogP contribution < -0.4 is 5.32 Å². The van der Waals surface area contributed by atoms with Gasteiger partial charge in [-0.2, -0.15) is 13.2 Å². The molecular formula is C28H32F5NO4. The molecule has 5 nitrogen and oxygen atoms in total. The Morgan fingerprint density at radius 3 is 2.32 bits per heavy atom. The zero-order valence-electron chi connectivity index (χ0n) is 22.0. The quantitative estimate of drug-likeness (QED) is 0.202. The molecule has 10 heteroatoms. The van der Waals surface area contributed by atoms with Gasteiger partial charge in [0.2, 0.25) is 0 Å². The first-order chi connectivity index (χ1) is 17.6. The van der Waals surface area contributed by atoms with Crippen molar-refractivity contribution in [3.8, 4) is 11.1 Å². The Morgan fingerprint density at radius 1 is 1.11 bits per heavy atom. The molecule has 2 rings (SSSR count). The number of carbonyl (C=O) groups is 2. The van der Waals surface area contributed by atoms with Gasteiger partial charge < -0.3 is 14.8 Å². The van der Waals surface area contributed by atoms with Crippen LogP contribution in [0.5, 0.6) is 0 Å². The summed E-state index contributed by atoms with van der Waals surface area (Å²) in [4.78, 5) is 24.8. The van der Waals surface area contributed by atoms with Crippen LogP contribution in [-0.2, 0) is 26.9 Å². The van der Waals surface area contributed by atoms with Crippen LogP contribution in [0.4, 0.5) is 26.7 Å². The van der Waals surface area contributed by atoms with Crippen molar-refractivity contribution in [1.29, 1.82) is 0 Å². The van der Waals surface area contributed by atoms with E-state index in [9.17, 15) is 27.2 Å². The topological polar surface area (TPSA) is 64.6 Å². The lowest BCUT2D eigenvalue weighted by atomic mass is 9.88. The van der Waals surface area contributed by atoms with Crippen molar-refractivity contribution in [1.82, 2.24) is 5.32 Å². The number of allylic oxidation sites excluding steroid dienone is 1. The number of alkyl carbamates (subject to hydrolysis) is 1. The summed E-state index contributed by atoms with van der Waals surface area (Å²) < 4.78 is 81.8. The maximum atomic E-state index is 15.5. The van der Waals surface area contributed by atoms with Crippen molar-refractivity contribution in [2.24, 2.45) is 0 Å². The molecule has 0 aliphatic heterocycles. The number of nitrogens with one attached hydrogen (secondary N) is 1. The summed E-state index contributed by atoms with van der Waals surface area (Å²) in [5, 5.41) is 2.31. The SMILES string of the molecule is C=CCCc1cc(F)cc(C)c1-c1cc([C@H](CC(=O)OCC)NC(=O)OC(C)(C)C)c(F)c(C(F)(F)F)c1. The molecule has 0 aliphatic rings. The van der Waals surface area contributed by atoms with E-state index in [2.05, 4.69) is 11.9 Å². The number of alkyl halides is 3. The van der Waals surface area contributed by atoms with E-state index in [4.69, 9.17) is 9.47 Å². The Balaban J connectivity index is 2.80. The van der Waals surface area contributed by atoms with Gasteiger partial charge in [0.05, 0.1) is 24.6 Å². The zero-order valence-corrected chi connectivity index (χ0v) is 22.0. The van der Waals surface area contributed by atoms with E-state index < -0.39 is 59.1 Å². The summed E-state index contributed by atoms with van der Waals surface area (Å²) in [7, 11) is 0. The molecule has 0 saturated heterocycles. The van der Waals surface area contributed by atoms with E-state index >= 15 is 4.39 Å². The highest BCUT2D eigenvalue weighted by Gasteiger charge is 2.38. The van der Waals surface area contributed by atoms with E-state index in [0.717, 1.165) is 12.1 Å². The normalized spacial score (nSPS) is 12.6. The number of aryl methyl sites for hydroxylation is 2. The number of rotatable bonds is 9. The van der Waals surface area contributed by atoms with Crippen LogP contribution in [0, 0.1) is 18.6 Å². The number of benzene rings is 2. The molecule has 0 radical (unpaired) electrons. The zero-order chi connectivity index (χ0) is 28.8. The van der Waals surface area contributed by atoms with Gasteiger partial charge in [-0.3, -0.25) is 4.79 Å². The molecule has 2 aromatic rings. The highest BCUT2D eigenvalue weighted by Crippen LogP contribution is 2.40. The fourth-order valence-corrected chi connectivity index (χ4v) is 4.01. The second-order valence-electron chi connectivity index (χ2n) is 9.72. The van der Waals surface area contributed by atoms with Crippen LogP contribution in [0.15, 0.2) is 36.9 Å². The number of hydrogen-bond acceptors (Lipinski definition) is 4. The summed E-state index contributed by atoms with van der Waals surface area (Å²) in [6.45, 7) is 11.4. The van der Waals surface area contributed by atoms with Crippen molar-refractivity contribution < 1.29 is 41.0 Å². The molecule has 1 atom stereocenters. The maximum Gasteiger partial charge on any atom is 0.419 e. The fourth-order valence-electron chi connectivity index (χ4n) is 4.01. The first-order valence-electron chi connectivity index (χ1n) is 12.0. The van der Waals surface area contributed by atoms with Crippen molar-refractivity contribution in [2.75, 3.05) is 6.61 Å². The van der Waals surface area contributed by atoms with E-state index in [0.29, 0.717) is 23.6 Å². The Bertz CT molecular complexity index is 1190. The van der Waals surface area contributed by atoms with Crippen LogP contribution in [-0.4, -0.2) is 24.3 Å². The number of esters is 1. The second-order valence-corrected chi connectivity index (χ2v) is 9.72. The van der Waals surface area contributed by atoms with Crippen molar-refractivity contribution in [3.63, 3.8) is 0 Å². The number of halogens is 5. The van der Waals surface area contributed by atoms with E-state index in [-0.39, 0.29) is 24.2 Å². The highest BCUT2D eigenvalue weighted by molar-refractivity contribution is 5.76. The molecule has 1 N–H and O–H groups in total. The highest BCUT2D eigenvalue weighted by atomic mass is 19.4. The minimum absolute atomic E-state index is 0.0320. The number of hydrogen-bond donors (Lipinski definition) is 1. The number of ether oxygens (including phenoxy) is 2. The van der Waals surface area contributed by atoms with Gasteiger partial charge in [-0.15, -0.1) is 6.58 Å². The number of amides is 1. The molecule has 0 bridgehead atoms. The minimum atomic E-state index is -5.11. The van der Waals surface area contributed by atoms with Gasteiger partial charge in [0.1, 0.15) is 17.2 Å². The Morgan fingerprint density at radius 2 is 1.76 bits per heavy atom. The average Bonchev–Trinajstić information content (AvgIpc) is 2.75. The van der Waals surface area contributed by atoms with Gasteiger partial charge in [0, 0.05) is 5.56 Å². The Labute approximate surface area is 219 Å². The van der Waals surface area contributed by atoms with Crippen LogP contribution in [0.2, 0.25) is 0 Å². The molecule has 0 aliphatic carbocycles. The summed E-state index contributed by atoms with van der Waals surface area (Å²) in [6.07, 6.45) is -4.55. The average molecular weight is 542 g/mol. The lowest BCUT2D eigenvalue weighted by Crippen LogP contribution is -2.36. The largest absolute Gasteiger partial charge is 0.466 e. The van der Waals surface area contributed by atoms with E-state index in [1.54, 1.807) is 26.8 Å². The molecule has 38 heavy (non-hydrogen) atoms. The van der Waals surface area contributed by atoms with Gasteiger partial charge in [-0.1, -0.05) is 6.08 Å². The molecule has 0 unspecified atom stereocenters. The molecule has 1 amide bonds. The van der Waals surface area contributed by atoms with Crippen molar-refractivity contribution in [3.05, 3.63) is 70.8 Å². The molecule has 0 fully saturated rings. The lowest BCUT2D eigenvalue weighted by Gasteiger charge is -2.25. The molecular weight excluding hydrogens is 509 g/mol. The Kier molecular flexibility index (Phi) is 10.1. The van der Waals surface area contributed by atoms with Gasteiger partial charge >= 0.3 is 18.2 Å². The Hall–Kier alpha value is -3.43. The predicted molar refractivity (Wildman–Crippen MR) is 133 cm³/mol. The third kappa shape index (κ3) is 8.29. The molecule has 0 aromatic heterocycles. The van der Waals surface area contributed by atoms with Gasteiger partial charge in [0.15, 0.2) is 0 Å². The standard InChI is InChI=1S/C28H32F5NO4/c1-7-9-10-17-12-19(29)11-16(3)24(17)18-13-20(25(30)21(14-18)28(31,32)33)22(15-23(35)37-8-2)34-26(36)38-27(4,5)6/h7,11-14,22H,1,8-10,15H2,2-6H3,(H,34,36)/t22-/m0/s1. The monoisotopic (exact) mass is 541 g/mol. The van der Waals surface area contributed by atoms with Crippen LogP contribution >= 0.6 is 0 Å². The third-order valence-electron chi connectivity index (χ3n) is 5.44. The van der Waals surface area contributed by atoms with Gasteiger partial charge in [0.25, 0.3) is 0 Å². The van der Waals surface area contributed by atoms with Crippen molar-refractivity contribution >= 4 is 12.1 Å². The van der Waals surface area contributed by atoms with E-state index in [1.165, 1.54) is 19.9 Å². The minimum Gasteiger partial charge on any atom is -0.466 e.